The SMILES string of the molecule is CCCC[C@H]1CC[C@H]2[C@@H]3CCC4CC=CC[C@]4(C)[C@H]3CC[C@]12C. The number of rotatable bonds is 3. The first-order chi connectivity index (χ1) is 11.1. The van der Waals surface area contributed by atoms with Crippen molar-refractivity contribution in [1.29, 1.82) is 0 Å². The molecule has 0 bridgehead atoms. The van der Waals surface area contributed by atoms with Gasteiger partial charge in [-0.1, -0.05) is 45.8 Å². The van der Waals surface area contributed by atoms with Crippen molar-refractivity contribution >= 4 is 0 Å². The van der Waals surface area contributed by atoms with Gasteiger partial charge >= 0.3 is 0 Å². The Hall–Kier alpha value is -0.260. The van der Waals surface area contributed by atoms with Crippen LogP contribution in [-0.4, -0.2) is 0 Å². The predicted molar refractivity (Wildman–Crippen MR) is 99.3 cm³/mol. The number of allylic oxidation sites excluding steroid dienone is 2. The molecule has 0 saturated heterocycles. The van der Waals surface area contributed by atoms with Crippen LogP contribution in [0.4, 0.5) is 0 Å². The fourth-order valence-corrected chi connectivity index (χ4v) is 7.87. The maximum absolute atomic E-state index is 2.70. The van der Waals surface area contributed by atoms with E-state index in [1.807, 2.05) is 0 Å². The van der Waals surface area contributed by atoms with Crippen molar-refractivity contribution < 1.29 is 0 Å². The Bertz CT molecular complexity index is 463. The van der Waals surface area contributed by atoms with E-state index in [0.717, 1.165) is 29.6 Å². The molecule has 4 rings (SSSR count). The normalized spacial score (nSPS) is 51.9. The Balaban J connectivity index is 1.56. The average Bonchev–Trinajstić information content (AvgIpc) is 2.89. The van der Waals surface area contributed by atoms with Crippen molar-refractivity contribution in [1.82, 2.24) is 0 Å². The van der Waals surface area contributed by atoms with Crippen molar-refractivity contribution in [2.45, 2.75) is 91.4 Å². The molecular formula is C23H38. The molecule has 0 nitrogen and oxygen atoms in total. The lowest BCUT2D eigenvalue weighted by atomic mass is 9.45. The molecule has 3 saturated carbocycles. The molecule has 3 fully saturated rings. The van der Waals surface area contributed by atoms with Gasteiger partial charge in [-0.15, -0.1) is 0 Å². The van der Waals surface area contributed by atoms with E-state index in [0.29, 0.717) is 10.8 Å². The van der Waals surface area contributed by atoms with Gasteiger partial charge in [0.05, 0.1) is 0 Å². The van der Waals surface area contributed by atoms with Crippen LogP contribution in [0, 0.1) is 40.4 Å². The highest BCUT2D eigenvalue weighted by molar-refractivity contribution is 5.12. The zero-order chi connectivity index (χ0) is 16.1. The average molecular weight is 315 g/mol. The summed E-state index contributed by atoms with van der Waals surface area (Å²) >= 11 is 0. The summed E-state index contributed by atoms with van der Waals surface area (Å²) in [6.45, 7) is 7.74. The highest BCUT2D eigenvalue weighted by atomic mass is 14.6. The third kappa shape index (κ3) is 2.37. The maximum Gasteiger partial charge on any atom is -0.0229 e. The van der Waals surface area contributed by atoms with Crippen LogP contribution in [-0.2, 0) is 0 Å². The second kappa shape index (κ2) is 5.92. The number of hydrogen-bond donors (Lipinski definition) is 0. The Morgan fingerprint density at radius 1 is 0.913 bits per heavy atom. The van der Waals surface area contributed by atoms with Gasteiger partial charge in [0.25, 0.3) is 0 Å². The quantitative estimate of drug-likeness (QED) is 0.492. The fraction of sp³-hybridized carbons (Fsp3) is 0.913. The monoisotopic (exact) mass is 314 g/mol. The summed E-state index contributed by atoms with van der Waals surface area (Å²) in [5, 5.41) is 0. The molecule has 1 unspecified atom stereocenters. The number of fused-ring (bicyclic) bond motifs is 5. The Morgan fingerprint density at radius 3 is 2.57 bits per heavy atom. The Morgan fingerprint density at radius 2 is 1.74 bits per heavy atom. The van der Waals surface area contributed by atoms with Gasteiger partial charge < -0.3 is 0 Å². The van der Waals surface area contributed by atoms with Gasteiger partial charge in [-0.2, -0.15) is 0 Å². The van der Waals surface area contributed by atoms with E-state index < -0.39 is 0 Å². The largest absolute Gasteiger partial charge is 0.0882 e. The van der Waals surface area contributed by atoms with E-state index in [2.05, 4.69) is 32.9 Å². The van der Waals surface area contributed by atoms with Crippen LogP contribution < -0.4 is 0 Å². The lowest BCUT2D eigenvalue weighted by Crippen LogP contribution is -2.52. The maximum atomic E-state index is 2.70. The molecule has 0 amide bonds. The molecule has 0 heterocycles. The standard InChI is InChI=1S/C23H38/c1-4-5-8-17-11-13-20-19-12-10-18-9-6-7-15-22(18,2)21(19)14-16-23(17,20)3/h6-7,17-21H,4-5,8-16H2,1-3H3/t17-,18?,19-,20-,21-,22-,23+/m0/s1. The number of unbranched alkanes of at least 4 members (excludes halogenated alkanes) is 1. The highest BCUT2D eigenvalue weighted by Crippen LogP contribution is 2.67. The molecule has 130 valence electrons. The Labute approximate surface area is 144 Å². The molecule has 0 aromatic heterocycles. The minimum Gasteiger partial charge on any atom is -0.0882 e. The minimum atomic E-state index is 0.639. The van der Waals surface area contributed by atoms with Gasteiger partial charge in [0, 0.05) is 0 Å². The first-order valence-corrected chi connectivity index (χ1v) is 10.7. The summed E-state index contributed by atoms with van der Waals surface area (Å²) in [5.74, 6) is 5.20. The van der Waals surface area contributed by atoms with Gasteiger partial charge in [-0.3, -0.25) is 0 Å². The topological polar surface area (TPSA) is 0 Å². The lowest BCUT2D eigenvalue weighted by Gasteiger charge is -2.60. The van der Waals surface area contributed by atoms with E-state index in [1.54, 1.807) is 32.1 Å². The van der Waals surface area contributed by atoms with Crippen molar-refractivity contribution in [3.8, 4) is 0 Å². The second-order valence-corrected chi connectivity index (χ2v) is 10.0. The molecule has 4 aliphatic rings. The summed E-state index contributed by atoms with van der Waals surface area (Å²) in [7, 11) is 0. The van der Waals surface area contributed by atoms with E-state index in [4.69, 9.17) is 0 Å². The van der Waals surface area contributed by atoms with Gasteiger partial charge in [-0.05, 0) is 98.2 Å². The van der Waals surface area contributed by atoms with Crippen molar-refractivity contribution in [2.75, 3.05) is 0 Å². The molecule has 0 heteroatoms. The first-order valence-electron chi connectivity index (χ1n) is 10.7. The summed E-state index contributed by atoms with van der Waals surface area (Å²) in [6, 6.07) is 0. The van der Waals surface area contributed by atoms with Crippen molar-refractivity contribution in [2.24, 2.45) is 40.4 Å². The van der Waals surface area contributed by atoms with Crippen LogP contribution in [0.1, 0.15) is 91.4 Å². The van der Waals surface area contributed by atoms with Gasteiger partial charge in [0.15, 0.2) is 0 Å². The molecule has 0 spiro atoms. The third-order valence-electron chi connectivity index (χ3n) is 9.31. The molecular weight excluding hydrogens is 276 g/mol. The summed E-state index contributed by atoms with van der Waals surface area (Å²) in [5.41, 5.74) is 1.34. The van der Waals surface area contributed by atoms with Gasteiger partial charge in [-0.25, -0.2) is 0 Å². The van der Waals surface area contributed by atoms with Crippen molar-refractivity contribution in [3.63, 3.8) is 0 Å². The van der Waals surface area contributed by atoms with E-state index >= 15 is 0 Å². The molecule has 0 aromatic rings. The molecule has 0 aliphatic heterocycles. The summed E-state index contributed by atoms with van der Waals surface area (Å²) in [6.07, 6.45) is 21.4. The van der Waals surface area contributed by atoms with Crippen molar-refractivity contribution in [3.05, 3.63) is 12.2 Å². The zero-order valence-electron chi connectivity index (χ0n) is 15.8. The highest BCUT2D eigenvalue weighted by Gasteiger charge is 2.58. The van der Waals surface area contributed by atoms with Crippen LogP contribution in [0.2, 0.25) is 0 Å². The first kappa shape index (κ1) is 16.2. The molecule has 4 aliphatic carbocycles. The van der Waals surface area contributed by atoms with E-state index in [9.17, 15) is 0 Å². The third-order valence-corrected chi connectivity index (χ3v) is 9.31. The van der Waals surface area contributed by atoms with Crippen LogP contribution in [0.25, 0.3) is 0 Å². The van der Waals surface area contributed by atoms with Gasteiger partial charge in [0.2, 0.25) is 0 Å². The van der Waals surface area contributed by atoms with Crippen LogP contribution in [0.3, 0.4) is 0 Å². The predicted octanol–water partition coefficient (Wildman–Crippen LogP) is 7.00. The summed E-state index contributed by atoms with van der Waals surface area (Å²) < 4.78 is 0. The van der Waals surface area contributed by atoms with Crippen LogP contribution >= 0.6 is 0 Å². The fourth-order valence-electron chi connectivity index (χ4n) is 7.87. The Kier molecular flexibility index (Phi) is 4.18. The molecule has 0 radical (unpaired) electrons. The lowest BCUT2D eigenvalue weighted by molar-refractivity contribution is -0.0968. The zero-order valence-corrected chi connectivity index (χ0v) is 15.8. The van der Waals surface area contributed by atoms with E-state index in [1.165, 1.54) is 38.5 Å². The smallest absolute Gasteiger partial charge is 0.0229 e. The van der Waals surface area contributed by atoms with Crippen LogP contribution in [0.5, 0.6) is 0 Å². The molecule has 23 heavy (non-hydrogen) atoms. The van der Waals surface area contributed by atoms with E-state index in [-0.39, 0.29) is 0 Å². The van der Waals surface area contributed by atoms with Crippen LogP contribution in [0.15, 0.2) is 12.2 Å². The second-order valence-electron chi connectivity index (χ2n) is 10.0. The summed E-state index contributed by atoms with van der Waals surface area (Å²) in [4.78, 5) is 0. The molecule has 0 N–H and O–H groups in total. The number of hydrogen-bond acceptors (Lipinski definition) is 0. The van der Waals surface area contributed by atoms with Gasteiger partial charge in [0.1, 0.15) is 0 Å². The minimum absolute atomic E-state index is 0.639. The molecule has 0 aromatic carbocycles. The molecule has 7 atom stereocenters.